The number of hydrogen-bond acceptors (Lipinski definition) is 4. The van der Waals surface area contributed by atoms with Gasteiger partial charge in [-0.3, -0.25) is 19.9 Å². The molecular formula is C19H16FN3O3. The van der Waals surface area contributed by atoms with E-state index in [0.717, 1.165) is 39.9 Å². The van der Waals surface area contributed by atoms with Crippen molar-refractivity contribution in [1.82, 2.24) is 4.98 Å². The fourth-order valence-corrected chi connectivity index (χ4v) is 2.93. The molecule has 3 rings (SSSR count). The van der Waals surface area contributed by atoms with Crippen LogP contribution in [-0.2, 0) is 11.2 Å². The molecule has 0 aliphatic rings. The topological polar surface area (TPSA) is 85.1 Å². The maximum Gasteiger partial charge on any atom is 0.306 e. The van der Waals surface area contributed by atoms with Crippen molar-refractivity contribution in [2.75, 3.05) is 5.32 Å². The molecule has 0 radical (unpaired) electrons. The molecule has 0 spiro atoms. The molecule has 0 saturated carbocycles. The predicted octanol–water partition coefficient (Wildman–Crippen LogP) is 4.08. The summed E-state index contributed by atoms with van der Waals surface area (Å²) >= 11 is 0. The normalized spacial score (nSPS) is 10.7. The first-order valence-electron chi connectivity index (χ1n) is 7.95. The van der Waals surface area contributed by atoms with E-state index in [1.54, 1.807) is 0 Å². The van der Waals surface area contributed by atoms with Crippen molar-refractivity contribution < 1.29 is 14.1 Å². The number of para-hydroxylation sites is 1. The van der Waals surface area contributed by atoms with Crippen LogP contribution in [0.1, 0.15) is 16.8 Å². The molecule has 1 N–H and O–H groups in total. The Hall–Kier alpha value is -3.35. The smallest absolute Gasteiger partial charge is 0.306 e. The minimum absolute atomic E-state index is 0.0701. The average molecular weight is 353 g/mol. The molecular weight excluding hydrogens is 337 g/mol. The molecule has 0 bridgehead atoms. The summed E-state index contributed by atoms with van der Waals surface area (Å²) in [7, 11) is 0. The largest absolute Gasteiger partial charge is 0.326 e. The zero-order valence-electron chi connectivity index (χ0n) is 14.2. The standard InChI is InChI=1S/C19H16FN3O3/c1-11-14-5-3-4-6-17(14)21-12(2)15(11)10-19(24)22-13-7-8-16(20)18(9-13)23(25)26/h3-9H,10H2,1-2H3,(H,22,24). The zero-order valence-corrected chi connectivity index (χ0v) is 14.2. The number of nitro groups is 1. The second-order valence-corrected chi connectivity index (χ2v) is 5.97. The number of amides is 1. The van der Waals surface area contributed by atoms with Gasteiger partial charge in [0, 0.05) is 22.8 Å². The highest BCUT2D eigenvalue weighted by atomic mass is 19.1. The van der Waals surface area contributed by atoms with Crippen LogP contribution in [0.4, 0.5) is 15.8 Å². The van der Waals surface area contributed by atoms with Gasteiger partial charge in [-0.25, -0.2) is 0 Å². The number of aryl methyl sites for hydroxylation is 2. The molecule has 2 aromatic carbocycles. The lowest BCUT2D eigenvalue weighted by molar-refractivity contribution is -0.387. The van der Waals surface area contributed by atoms with Crippen LogP contribution in [0, 0.1) is 29.8 Å². The van der Waals surface area contributed by atoms with Crippen molar-refractivity contribution >= 4 is 28.2 Å². The van der Waals surface area contributed by atoms with Gasteiger partial charge in [-0.05, 0) is 43.2 Å². The number of pyridine rings is 1. The molecule has 7 heteroatoms. The van der Waals surface area contributed by atoms with Crippen molar-refractivity contribution in [2.24, 2.45) is 0 Å². The van der Waals surface area contributed by atoms with E-state index in [1.807, 2.05) is 38.1 Å². The van der Waals surface area contributed by atoms with Gasteiger partial charge in [0.05, 0.1) is 16.9 Å². The van der Waals surface area contributed by atoms with Crippen LogP contribution in [-0.4, -0.2) is 15.8 Å². The molecule has 1 amide bonds. The third-order valence-corrected chi connectivity index (χ3v) is 4.25. The summed E-state index contributed by atoms with van der Waals surface area (Å²) in [6, 6.07) is 10.9. The van der Waals surface area contributed by atoms with E-state index in [9.17, 15) is 19.3 Å². The van der Waals surface area contributed by atoms with Crippen LogP contribution in [0.2, 0.25) is 0 Å². The van der Waals surface area contributed by atoms with E-state index in [0.29, 0.717) is 0 Å². The third kappa shape index (κ3) is 3.37. The molecule has 6 nitrogen and oxygen atoms in total. The molecule has 0 unspecified atom stereocenters. The number of aromatic nitrogens is 1. The maximum atomic E-state index is 13.4. The van der Waals surface area contributed by atoms with Gasteiger partial charge >= 0.3 is 5.69 Å². The van der Waals surface area contributed by atoms with Gasteiger partial charge in [-0.15, -0.1) is 0 Å². The highest BCUT2D eigenvalue weighted by molar-refractivity contribution is 5.94. The number of carbonyl (C=O) groups is 1. The number of nitrogens with one attached hydrogen (secondary N) is 1. The van der Waals surface area contributed by atoms with Gasteiger partial charge < -0.3 is 5.32 Å². The number of halogens is 1. The number of anilines is 1. The molecule has 1 aromatic heterocycles. The SMILES string of the molecule is Cc1nc2ccccc2c(C)c1CC(=O)Nc1ccc(F)c([N+](=O)[O-])c1. The Morgan fingerprint density at radius 1 is 1.23 bits per heavy atom. The number of nitrogens with zero attached hydrogens (tertiary/aromatic N) is 2. The van der Waals surface area contributed by atoms with Crippen LogP contribution in [0.25, 0.3) is 10.9 Å². The van der Waals surface area contributed by atoms with Gasteiger partial charge in [-0.2, -0.15) is 4.39 Å². The van der Waals surface area contributed by atoms with Gasteiger partial charge in [0.15, 0.2) is 0 Å². The summed E-state index contributed by atoms with van der Waals surface area (Å²) in [6.45, 7) is 3.77. The Morgan fingerprint density at radius 2 is 1.96 bits per heavy atom. The first-order valence-corrected chi connectivity index (χ1v) is 7.95. The van der Waals surface area contributed by atoms with E-state index in [-0.39, 0.29) is 18.0 Å². The third-order valence-electron chi connectivity index (χ3n) is 4.25. The molecule has 1 heterocycles. The van der Waals surface area contributed by atoms with E-state index < -0.39 is 16.4 Å². The maximum absolute atomic E-state index is 13.4. The number of hydrogen-bond donors (Lipinski definition) is 1. The minimum atomic E-state index is -0.946. The number of carbonyl (C=O) groups excluding carboxylic acids is 1. The Morgan fingerprint density at radius 3 is 2.69 bits per heavy atom. The Bertz CT molecular complexity index is 1030. The van der Waals surface area contributed by atoms with Crippen molar-refractivity contribution in [2.45, 2.75) is 20.3 Å². The Labute approximate surface area is 148 Å². The fraction of sp³-hybridized carbons (Fsp3) is 0.158. The van der Waals surface area contributed by atoms with Crippen LogP contribution >= 0.6 is 0 Å². The van der Waals surface area contributed by atoms with Crippen LogP contribution in [0.15, 0.2) is 42.5 Å². The summed E-state index contributed by atoms with van der Waals surface area (Å²) in [6.07, 6.45) is 0.0701. The molecule has 0 aliphatic carbocycles. The van der Waals surface area contributed by atoms with Crippen LogP contribution < -0.4 is 5.32 Å². The summed E-state index contributed by atoms with van der Waals surface area (Å²) in [5, 5.41) is 14.4. The molecule has 0 fully saturated rings. The molecule has 26 heavy (non-hydrogen) atoms. The highest BCUT2D eigenvalue weighted by Crippen LogP contribution is 2.24. The van der Waals surface area contributed by atoms with Gasteiger partial charge in [0.2, 0.25) is 11.7 Å². The van der Waals surface area contributed by atoms with Crippen molar-refractivity contribution in [3.63, 3.8) is 0 Å². The lowest BCUT2D eigenvalue weighted by Crippen LogP contribution is -2.16. The minimum Gasteiger partial charge on any atom is -0.326 e. The quantitative estimate of drug-likeness (QED) is 0.566. The number of rotatable bonds is 4. The van der Waals surface area contributed by atoms with Crippen molar-refractivity contribution in [1.29, 1.82) is 0 Å². The highest BCUT2D eigenvalue weighted by Gasteiger charge is 2.17. The fourth-order valence-electron chi connectivity index (χ4n) is 2.93. The van der Waals surface area contributed by atoms with E-state index in [1.165, 1.54) is 6.07 Å². The molecule has 0 saturated heterocycles. The summed E-state index contributed by atoms with van der Waals surface area (Å²) in [5.41, 5.74) is 2.88. The van der Waals surface area contributed by atoms with E-state index in [2.05, 4.69) is 10.3 Å². The van der Waals surface area contributed by atoms with E-state index >= 15 is 0 Å². The van der Waals surface area contributed by atoms with Crippen molar-refractivity contribution in [3.8, 4) is 0 Å². The van der Waals surface area contributed by atoms with Crippen molar-refractivity contribution in [3.05, 3.63) is 75.2 Å². The molecule has 132 valence electrons. The second kappa shape index (κ2) is 6.87. The van der Waals surface area contributed by atoms with Gasteiger partial charge in [-0.1, -0.05) is 18.2 Å². The first-order chi connectivity index (χ1) is 12.4. The number of benzene rings is 2. The molecule has 0 atom stereocenters. The molecule has 0 aliphatic heterocycles. The monoisotopic (exact) mass is 353 g/mol. The molecule has 3 aromatic rings. The number of nitro benzene ring substituents is 1. The van der Waals surface area contributed by atoms with Gasteiger partial charge in [0.1, 0.15) is 0 Å². The lowest BCUT2D eigenvalue weighted by atomic mass is 9.99. The zero-order chi connectivity index (χ0) is 18.8. The average Bonchev–Trinajstić information content (AvgIpc) is 2.60. The summed E-state index contributed by atoms with van der Waals surface area (Å²) in [5.74, 6) is -1.30. The Balaban J connectivity index is 1.86. The van der Waals surface area contributed by atoms with Crippen LogP contribution in [0.3, 0.4) is 0 Å². The summed E-state index contributed by atoms with van der Waals surface area (Å²) < 4.78 is 13.4. The van der Waals surface area contributed by atoms with Gasteiger partial charge in [0.25, 0.3) is 0 Å². The van der Waals surface area contributed by atoms with Crippen LogP contribution in [0.5, 0.6) is 0 Å². The van der Waals surface area contributed by atoms with E-state index in [4.69, 9.17) is 0 Å². The second-order valence-electron chi connectivity index (χ2n) is 5.97. The number of fused-ring (bicyclic) bond motifs is 1. The summed E-state index contributed by atoms with van der Waals surface area (Å²) in [4.78, 5) is 26.9. The first kappa shape index (κ1) is 17.5. The predicted molar refractivity (Wildman–Crippen MR) is 96.6 cm³/mol. The Kier molecular flexibility index (Phi) is 4.62. The lowest BCUT2D eigenvalue weighted by Gasteiger charge is -2.12.